The fourth-order valence-electron chi connectivity index (χ4n) is 1.31. The molecule has 0 aliphatic heterocycles. The van der Waals surface area contributed by atoms with Gasteiger partial charge in [-0.25, -0.2) is 0 Å². The molecule has 0 aliphatic carbocycles. The Kier molecular flexibility index (Phi) is 5.82. The summed E-state index contributed by atoms with van der Waals surface area (Å²) in [5, 5.41) is 6.82. The van der Waals surface area contributed by atoms with Crippen molar-refractivity contribution in [1.82, 2.24) is 5.32 Å². The van der Waals surface area contributed by atoms with Crippen LogP contribution in [-0.2, 0) is 11.2 Å². The number of hydrogen-bond acceptors (Lipinski definition) is 2. The summed E-state index contributed by atoms with van der Waals surface area (Å²) in [6.45, 7) is 3.60. The lowest BCUT2D eigenvalue weighted by Gasteiger charge is -2.09. The molecule has 16 heavy (non-hydrogen) atoms. The molecule has 2 N–H and O–H groups in total. The molecule has 0 amide bonds. The highest BCUT2D eigenvalue weighted by molar-refractivity contribution is 7.80. The van der Waals surface area contributed by atoms with Crippen LogP contribution in [0.4, 0.5) is 5.69 Å². The lowest BCUT2D eigenvalue weighted by molar-refractivity contribution is 0.202. The van der Waals surface area contributed by atoms with Crippen LogP contribution in [-0.4, -0.2) is 25.4 Å². The summed E-state index contributed by atoms with van der Waals surface area (Å²) in [5.74, 6) is 0. The van der Waals surface area contributed by atoms with Gasteiger partial charge in [0.05, 0.1) is 6.61 Å². The molecule has 0 spiro atoms. The minimum Gasteiger partial charge on any atom is -0.384 e. The van der Waals surface area contributed by atoms with E-state index in [2.05, 4.69) is 22.8 Å². The van der Waals surface area contributed by atoms with Crippen molar-refractivity contribution in [3.8, 4) is 0 Å². The minimum absolute atomic E-state index is 0.659. The molecule has 88 valence electrons. The van der Waals surface area contributed by atoms with E-state index in [4.69, 9.17) is 17.0 Å². The van der Waals surface area contributed by atoms with E-state index >= 15 is 0 Å². The summed E-state index contributed by atoms with van der Waals surface area (Å²) in [4.78, 5) is 0. The van der Waals surface area contributed by atoms with E-state index < -0.39 is 0 Å². The fraction of sp³-hybridized carbons (Fsp3) is 0.417. The van der Waals surface area contributed by atoms with E-state index in [-0.39, 0.29) is 0 Å². The van der Waals surface area contributed by atoms with Gasteiger partial charge in [0.25, 0.3) is 0 Å². The van der Waals surface area contributed by atoms with Crippen LogP contribution in [0, 0.1) is 0 Å². The van der Waals surface area contributed by atoms with Crippen molar-refractivity contribution in [2.45, 2.75) is 13.3 Å². The van der Waals surface area contributed by atoms with Crippen LogP contribution < -0.4 is 10.6 Å². The quantitative estimate of drug-likeness (QED) is 0.770. The smallest absolute Gasteiger partial charge is 0.170 e. The molecule has 0 aromatic heterocycles. The molecule has 0 saturated carbocycles. The van der Waals surface area contributed by atoms with Crippen molar-refractivity contribution >= 4 is 23.0 Å². The Hall–Kier alpha value is -1.13. The third kappa shape index (κ3) is 4.59. The summed E-state index contributed by atoms with van der Waals surface area (Å²) >= 11 is 5.10. The number of nitrogens with one attached hydrogen (secondary N) is 2. The van der Waals surface area contributed by atoms with Crippen molar-refractivity contribution < 1.29 is 4.74 Å². The average molecular weight is 238 g/mol. The molecule has 0 bridgehead atoms. The van der Waals surface area contributed by atoms with Gasteiger partial charge in [0.2, 0.25) is 0 Å². The maximum atomic E-state index is 5.10. The number of methoxy groups -OCH3 is 1. The number of thiocarbonyl (C=S) groups is 1. The topological polar surface area (TPSA) is 33.3 Å². The summed E-state index contributed by atoms with van der Waals surface area (Å²) < 4.78 is 5.03. The van der Waals surface area contributed by atoms with Crippen LogP contribution in [0.5, 0.6) is 0 Å². The van der Waals surface area contributed by atoms with Gasteiger partial charge in [-0.15, -0.1) is 0 Å². The number of hydrogen-bond donors (Lipinski definition) is 2. The van der Waals surface area contributed by atoms with Crippen LogP contribution in [0.3, 0.4) is 0 Å². The summed E-state index contributed by atoms with van der Waals surface area (Å²) in [7, 11) is 1.71. The van der Waals surface area contributed by atoms with Gasteiger partial charge in [-0.3, -0.25) is 0 Å². The predicted octanol–water partition coefficient (Wildman–Crippen LogP) is 2.18. The molecular weight excluding hydrogens is 220 g/mol. The van der Waals surface area contributed by atoms with Crippen LogP contribution in [0.2, 0.25) is 0 Å². The molecule has 4 heteroatoms. The van der Waals surface area contributed by atoms with Crippen molar-refractivity contribution in [2.75, 3.05) is 25.6 Å². The van der Waals surface area contributed by atoms with Gasteiger partial charge >= 0.3 is 0 Å². The van der Waals surface area contributed by atoms with E-state index in [0.717, 1.165) is 25.3 Å². The SMILES string of the molecule is CCNC(=S)Nc1ccc(CCOC)cc1. The van der Waals surface area contributed by atoms with E-state index in [1.165, 1.54) is 5.56 Å². The van der Waals surface area contributed by atoms with Gasteiger partial charge in [-0.05, 0) is 43.3 Å². The molecule has 0 aliphatic rings. The average Bonchev–Trinajstić information content (AvgIpc) is 2.28. The number of rotatable bonds is 5. The first-order valence-corrected chi connectivity index (χ1v) is 5.79. The minimum atomic E-state index is 0.659. The van der Waals surface area contributed by atoms with Crippen LogP contribution >= 0.6 is 12.2 Å². The molecule has 1 aromatic rings. The zero-order valence-electron chi connectivity index (χ0n) is 9.75. The molecule has 0 atom stereocenters. The van der Waals surface area contributed by atoms with Gasteiger partial charge < -0.3 is 15.4 Å². The molecular formula is C12H18N2OS. The maximum absolute atomic E-state index is 5.10. The highest BCUT2D eigenvalue weighted by atomic mass is 32.1. The predicted molar refractivity (Wildman–Crippen MR) is 71.9 cm³/mol. The molecule has 0 saturated heterocycles. The Morgan fingerprint density at radius 1 is 1.31 bits per heavy atom. The molecule has 0 unspecified atom stereocenters. The zero-order valence-corrected chi connectivity index (χ0v) is 10.6. The largest absolute Gasteiger partial charge is 0.384 e. The zero-order chi connectivity index (χ0) is 11.8. The highest BCUT2D eigenvalue weighted by Crippen LogP contribution is 2.09. The van der Waals surface area contributed by atoms with Crippen LogP contribution in [0.25, 0.3) is 0 Å². The van der Waals surface area contributed by atoms with Gasteiger partial charge in [-0.2, -0.15) is 0 Å². The van der Waals surface area contributed by atoms with Gasteiger partial charge in [0.1, 0.15) is 0 Å². The van der Waals surface area contributed by atoms with Crippen molar-refractivity contribution in [3.05, 3.63) is 29.8 Å². The number of anilines is 1. The number of ether oxygens (including phenoxy) is 1. The van der Waals surface area contributed by atoms with Gasteiger partial charge in [0.15, 0.2) is 5.11 Å². The van der Waals surface area contributed by atoms with E-state index in [1.54, 1.807) is 7.11 Å². The fourth-order valence-corrected chi connectivity index (χ4v) is 1.57. The van der Waals surface area contributed by atoms with Gasteiger partial charge in [-0.1, -0.05) is 12.1 Å². The maximum Gasteiger partial charge on any atom is 0.170 e. The Morgan fingerprint density at radius 2 is 2.00 bits per heavy atom. The van der Waals surface area contributed by atoms with Crippen molar-refractivity contribution in [3.63, 3.8) is 0 Å². The van der Waals surface area contributed by atoms with Crippen LogP contribution in [0.15, 0.2) is 24.3 Å². The van der Waals surface area contributed by atoms with Crippen LogP contribution in [0.1, 0.15) is 12.5 Å². The molecule has 0 fully saturated rings. The Bertz CT molecular complexity index is 324. The second-order valence-corrected chi connectivity index (χ2v) is 3.83. The third-order valence-electron chi connectivity index (χ3n) is 2.14. The summed E-state index contributed by atoms with van der Waals surface area (Å²) in [6.07, 6.45) is 0.939. The molecule has 3 nitrogen and oxygen atoms in total. The summed E-state index contributed by atoms with van der Waals surface area (Å²) in [5.41, 5.74) is 2.27. The van der Waals surface area contributed by atoms with Crippen molar-refractivity contribution in [1.29, 1.82) is 0 Å². The third-order valence-corrected chi connectivity index (χ3v) is 2.39. The molecule has 1 aromatic carbocycles. The standard InChI is InChI=1S/C12H18N2OS/c1-3-13-12(16)14-11-6-4-10(5-7-11)8-9-15-2/h4-7H,3,8-9H2,1-2H3,(H2,13,14,16). The highest BCUT2D eigenvalue weighted by Gasteiger charge is 1.96. The molecule has 0 heterocycles. The second kappa shape index (κ2) is 7.19. The second-order valence-electron chi connectivity index (χ2n) is 3.42. The Morgan fingerprint density at radius 3 is 2.56 bits per heavy atom. The van der Waals surface area contributed by atoms with Crippen molar-refractivity contribution in [2.24, 2.45) is 0 Å². The monoisotopic (exact) mass is 238 g/mol. The first-order chi connectivity index (χ1) is 7.76. The van der Waals surface area contributed by atoms with E-state index in [0.29, 0.717) is 5.11 Å². The normalized spacial score (nSPS) is 9.88. The van der Waals surface area contributed by atoms with E-state index in [1.807, 2.05) is 19.1 Å². The lowest BCUT2D eigenvalue weighted by Crippen LogP contribution is -2.27. The van der Waals surface area contributed by atoms with E-state index in [9.17, 15) is 0 Å². The number of benzene rings is 1. The Labute approximate surface area is 102 Å². The first-order valence-electron chi connectivity index (χ1n) is 5.39. The first kappa shape index (κ1) is 12.9. The molecule has 0 radical (unpaired) electrons. The lowest BCUT2D eigenvalue weighted by atomic mass is 10.1. The molecule has 1 rings (SSSR count). The van der Waals surface area contributed by atoms with Gasteiger partial charge in [0, 0.05) is 19.3 Å². The summed E-state index contributed by atoms with van der Waals surface area (Å²) in [6, 6.07) is 8.20. The Balaban J connectivity index is 2.47.